The molecule has 0 radical (unpaired) electrons. The lowest BCUT2D eigenvalue weighted by atomic mass is 10.1. The monoisotopic (exact) mass is 643 g/mol. The molecule has 9 nitrogen and oxygen atoms in total. The van der Waals surface area contributed by atoms with Crippen molar-refractivity contribution in [1.82, 2.24) is 10.2 Å². The van der Waals surface area contributed by atoms with E-state index in [0.717, 1.165) is 14.9 Å². The number of carbonyl (C=O) groups excluding carboxylic acids is 3. The molecule has 0 saturated carbocycles. The topological polar surface area (TPSA) is 106 Å². The first kappa shape index (κ1) is 27.2. The molecule has 0 spiro atoms. The summed E-state index contributed by atoms with van der Waals surface area (Å²) < 4.78 is 18.3. The number of nitrogens with zero attached hydrogens (tertiary/aromatic N) is 1. The van der Waals surface area contributed by atoms with Gasteiger partial charge in [0.15, 0.2) is 11.5 Å². The van der Waals surface area contributed by atoms with Gasteiger partial charge in [-0.2, -0.15) is 0 Å². The van der Waals surface area contributed by atoms with Crippen molar-refractivity contribution >= 4 is 61.5 Å². The average Bonchev–Trinajstić information content (AvgIpc) is 3.16. The second-order valence-electron chi connectivity index (χ2n) is 8.08. The molecule has 38 heavy (non-hydrogen) atoms. The molecular formula is C27H23Br2N3O6. The number of benzene rings is 3. The van der Waals surface area contributed by atoms with Crippen LogP contribution in [0, 0.1) is 0 Å². The Morgan fingerprint density at radius 1 is 1.00 bits per heavy atom. The Morgan fingerprint density at radius 2 is 1.71 bits per heavy atom. The van der Waals surface area contributed by atoms with Crippen LogP contribution in [0.15, 0.2) is 75.3 Å². The molecule has 1 saturated heterocycles. The highest BCUT2D eigenvalue weighted by Gasteiger charge is 2.35. The minimum absolute atomic E-state index is 0.0255. The zero-order valence-electron chi connectivity index (χ0n) is 20.4. The van der Waals surface area contributed by atoms with E-state index in [4.69, 9.17) is 14.2 Å². The Bertz CT molecular complexity index is 1410. The van der Waals surface area contributed by atoms with Crippen LogP contribution in [0.1, 0.15) is 11.1 Å². The standard InChI is InChI=1S/C27H23Br2N3O6/c1-36-22-6-4-3-5-20(22)30-24(33)14-32-26(34)21(31-27(32)35)12-17-11-19(29)25(23(13-17)37-2)38-15-16-7-9-18(28)10-8-16/h3-13H,14-15H2,1-2H3,(H,30,33)(H,31,35)/b21-12+. The lowest BCUT2D eigenvalue weighted by Crippen LogP contribution is -2.38. The quantitative estimate of drug-likeness (QED) is 0.241. The number of urea groups is 1. The maximum atomic E-state index is 12.9. The molecule has 3 aromatic rings. The highest BCUT2D eigenvalue weighted by Crippen LogP contribution is 2.38. The van der Waals surface area contributed by atoms with Crippen LogP contribution >= 0.6 is 31.9 Å². The molecule has 2 N–H and O–H groups in total. The Morgan fingerprint density at radius 3 is 2.42 bits per heavy atom. The van der Waals surface area contributed by atoms with Crippen molar-refractivity contribution in [3.8, 4) is 17.2 Å². The third kappa shape index (κ3) is 6.35. The number of methoxy groups -OCH3 is 2. The summed E-state index contributed by atoms with van der Waals surface area (Å²) in [4.78, 5) is 38.8. The molecule has 0 aromatic heterocycles. The van der Waals surface area contributed by atoms with E-state index in [1.165, 1.54) is 20.3 Å². The van der Waals surface area contributed by atoms with Crippen LogP contribution in [0.3, 0.4) is 0 Å². The van der Waals surface area contributed by atoms with Gasteiger partial charge in [0.1, 0.15) is 24.6 Å². The fourth-order valence-corrected chi connectivity index (χ4v) is 4.50. The molecule has 3 aromatic carbocycles. The van der Waals surface area contributed by atoms with Crippen LogP contribution in [-0.2, 0) is 16.2 Å². The van der Waals surface area contributed by atoms with Crippen LogP contribution in [0.25, 0.3) is 6.08 Å². The number of amides is 4. The zero-order chi connectivity index (χ0) is 27.2. The van der Waals surface area contributed by atoms with Gasteiger partial charge in [-0.25, -0.2) is 9.69 Å². The first-order chi connectivity index (χ1) is 18.3. The summed E-state index contributed by atoms with van der Waals surface area (Å²) in [5.74, 6) is 0.219. The van der Waals surface area contributed by atoms with Crippen molar-refractivity contribution in [3.05, 3.63) is 86.4 Å². The Labute approximate surface area is 236 Å². The molecular weight excluding hydrogens is 622 g/mol. The second-order valence-corrected chi connectivity index (χ2v) is 9.85. The first-order valence-corrected chi connectivity index (χ1v) is 12.9. The minimum atomic E-state index is -0.697. The summed E-state index contributed by atoms with van der Waals surface area (Å²) in [5.41, 5.74) is 2.01. The van der Waals surface area contributed by atoms with Crippen molar-refractivity contribution in [2.24, 2.45) is 0 Å². The van der Waals surface area contributed by atoms with Gasteiger partial charge in [0.2, 0.25) is 5.91 Å². The number of nitrogens with one attached hydrogen (secondary N) is 2. The van der Waals surface area contributed by atoms with E-state index in [0.29, 0.717) is 39.6 Å². The molecule has 0 atom stereocenters. The lowest BCUT2D eigenvalue weighted by Gasteiger charge is -2.14. The summed E-state index contributed by atoms with van der Waals surface area (Å²) in [5, 5.41) is 5.17. The van der Waals surface area contributed by atoms with Gasteiger partial charge in [0, 0.05) is 4.47 Å². The highest BCUT2D eigenvalue weighted by atomic mass is 79.9. The molecule has 4 amide bonds. The molecule has 196 valence electrons. The maximum Gasteiger partial charge on any atom is 0.329 e. The van der Waals surface area contributed by atoms with Crippen molar-refractivity contribution in [2.75, 3.05) is 26.1 Å². The molecule has 1 heterocycles. The van der Waals surface area contributed by atoms with Gasteiger partial charge >= 0.3 is 6.03 Å². The normalized spacial score (nSPS) is 13.9. The maximum absolute atomic E-state index is 12.9. The summed E-state index contributed by atoms with van der Waals surface area (Å²) in [7, 11) is 2.99. The van der Waals surface area contributed by atoms with E-state index >= 15 is 0 Å². The predicted octanol–water partition coefficient (Wildman–Crippen LogP) is 5.34. The predicted molar refractivity (Wildman–Crippen MR) is 149 cm³/mol. The van der Waals surface area contributed by atoms with Crippen molar-refractivity contribution in [2.45, 2.75) is 6.61 Å². The molecule has 0 bridgehead atoms. The molecule has 1 aliphatic heterocycles. The Hall–Kier alpha value is -3.83. The van der Waals surface area contributed by atoms with Gasteiger partial charge in [-0.05, 0) is 69.5 Å². The van der Waals surface area contributed by atoms with E-state index in [1.807, 2.05) is 24.3 Å². The average molecular weight is 645 g/mol. The highest BCUT2D eigenvalue weighted by molar-refractivity contribution is 9.10. The molecule has 1 fully saturated rings. The fraction of sp³-hybridized carbons (Fsp3) is 0.148. The third-order valence-corrected chi connectivity index (χ3v) is 6.62. The molecule has 0 unspecified atom stereocenters. The summed E-state index contributed by atoms with van der Waals surface area (Å²) in [6, 6.07) is 17.3. The van der Waals surface area contributed by atoms with E-state index in [9.17, 15) is 14.4 Å². The number of halogens is 2. The van der Waals surface area contributed by atoms with E-state index in [1.54, 1.807) is 36.4 Å². The van der Waals surface area contributed by atoms with Crippen LogP contribution in [0.2, 0.25) is 0 Å². The molecule has 0 aliphatic carbocycles. The number of ether oxygens (including phenoxy) is 3. The van der Waals surface area contributed by atoms with Gasteiger partial charge in [-0.1, -0.05) is 40.2 Å². The van der Waals surface area contributed by atoms with Crippen LogP contribution in [0.4, 0.5) is 10.5 Å². The number of hydrogen-bond acceptors (Lipinski definition) is 6. The minimum Gasteiger partial charge on any atom is -0.495 e. The number of imide groups is 1. The van der Waals surface area contributed by atoms with Gasteiger partial charge in [-0.15, -0.1) is 0 Å². The largest absolute Gasteiger partial charge is 0.495 e. The van der Waals surface area contributed by atoms with Crippen molar-refractivity contribution < 1.29 is 28.6 Å². The van der Waals surface area contributed by atoms with Crippen molar-refractivity contribution in [3.63, 3.8) is 0 Å². The van der Waals surface area contributed by atoms with Crippen LogP contribution in [-0.4, -0.2) is 43.5 Å². The number of hydrogen-bond donors (Lipinski definition) is 2. The van der Waals surface area contributed by atoms with Gasteiger partial charge < -0.3 is 24.8 Å². The first-order valence-electron chi connectivity index (χ1n) is 11.3. The number of para-hydroxylation sites is 2. The van der Waals surface area contributed by atoms with Gasteiger partial charge in [-0.3, -0.25) is 9.59 Å². The van der Waals surface area contributed by atoms with Crippen molar-refractivity contribution in [1.29, 1.82) is 0 Å². The zero-order valence-corrected chi connectivity index (χ0v) is 23.6. The van der Waals surface area contributed by atoms with Crippen LogP contribution in [0.5, 0.6) is 17.2 Å². The van der Waals surface area contributed by atoms with Gasteiger partial charge in [0.05, 0.1) is 24.4 Å². The lowest BCUT2D eigenvalue weighted by molar-refractivity contribution is -0.127. The number of rotatable bonds is 9. The third-order valence-electron chi connectivity index (χ3n) is 5.50. The fourth-order valence-electron chi connectivity index (χ4n) is 3.66. The summed E-state index contributed by atoms with van der Waals surface area (Å²) >= 11 is 6.91. The smallest absolute Gasteiger partial charge is 0.329 e. The second kappa shape index (κ2) is 12.1. The van der Waals surface area contributed by atoms with E-state index in [-0.39, 0.29) is 5.70 Å². The summed E-state index contributed by atoms with van der Waals surface area (Å²) in [6.45, 7) is -0.140. The van der Waals surface area contributed by atoms with Gasteiger partial charge in [0.25, 0.3) is 5.91 Å². The summed E-state index contributed by atoms with van der Waals surface area (Å²) in [6.07, 6.45) is 1.50. The number of anilines is 1. The van der Waals surface area contributed by atoms with E-state index in [2.05, 4.69) is 42.5 Å². The Kier molecular flexibility index (Phi) is 8.70. The molecule has 4 rings (SSSR count). The number of carbonyl (C=O) groups is 3. The van der Waals surface area contributed by atoms with Crippen LogP contribution < -0.4 is 24.8 Å². The molecule has 11 heteroatoms. The Balaban J connectivity index is 1.47. The molecule has 1 aliphatic rings. The van der Waals surface area contributed by atoms with E-state index < -0.39 is 24.4 Å². The SMILES string of the molecule is COc1ccccc1NC(=O)CN1C(=O)N/C(=C/c2cc(Br)c(OCc3ccc(Br)cc3)c(OC)c2)C1=O.